The molecule has 0 bridgehead atoms. The summed E-state index contributed by atoms with van der Waals surface area (Å²) in [7, 11) is 0. The molecule has 0 aliphatic rings. The Bertz CT molecular complexity index is 632. The number of aliphatic carboxylic acids is 1. The van der Waals surface area contributed by atoms with Crippen molar-refractivity contribution in [3.8, 4) is 11.5 Å². The Labute approximate surface area is 130 Å². The van der Waals surface area contributed by atoms with Gasteiger partial charge in [-0.1, -0.05) is 24.3 Å². The zero-order chi connectivity index (χ0) is 16.1. The van der Waals surface area contributed by atoms with Gasteiger partial charge in [0.15, 0.2) is 0 Å². The number of hydrogen-bond acceptors (Lipinski definition) is 3. The molecule has 0 saturated heterocycles. The Morgan fingerprint density at radius 3 is 2.41 bits per heavy atom. The molecule has 1 unspecified atom stereocenters. The van der Waals surface area contributed by atoms with Gasteiger partial charge in [0.1, 0.15) is 11.5 Å². The van der Waals surface area contributed by atoms with Crippen LogP contribution in [0.25, 0.3) is 0 Å². The van der Waals surface area contributed by atoms with E-state index >= 15 is 0 Å². The Balaban J connectivity index is 2.21. The van der Waals surface area contributed by atoms with E-state index in [1.165, 1.54) is 12.1 Å². The summed E-state index contributed by atoms with van der Waals surface area (Å²) in [6.45, 7) is 3.90. The van der Waals surface area contributed by atoms with E-state index in [1.807, 2.05) is 38.1 Å². The first-order valence-electron chi connectivity index (χ1n) is 7.23. The SMILES string of the molecule is CC(C)Oc1cccc(CC(C(=O)O)c2ccc(O)cc2)c1. The van der Waals surface area contributed by atoms with Crippen LogP contribution >= 0.6 is 0 Å². The highest BCUT2D eigenvalue weighted by Gasteiger charge is 2.20. The van der Waals surface area contributed by atoms with Crippen molar-refractivity contribution in [3.05, 3.63) is 59.7 Å². The summed E-state index contributed by atoms with van der Waals surface area (Å²) in [5.74, 6) is -0.682. The number of phenols is 1. The second-order valence-electron chi connectivity index (χ2n) is 5.50. The Morgan fingerprint density at radius 1 is 1.14 bits per heavy atom. The largest absolute Gasteiger partial charge is 0.508 e. The molecule has 2 N–H and O–H groups in total. The van der Waals surface area contributed by atoms with Crippen LogP contribution in [-0.4, -0.2) is 22.3 Å². The normalized spacial score (nSPS) is 12.1. The molecule has 4 heteroatoms. The molecule has 0 aromatic heterocycles. The number of carboxylic acid groups (broad SMARTS) is 1. The first-order valence-corrected chi connectivity index (χ1v) is 7.23. The number of carboxylic acids is 1. The van der Waals surface area contributed by atoms with Crippen LogP contribution in [-0.2, 0) is 11.2 Å². The van der Waals surface area contributed by atoms with Crippen LogP contribution in [0.2, 0.25) is 0 Å². The minimum atomic E-state index is -0.888. The quantitative estimate of drug-likeness (QED) is 0.855. The maximum absolute atomic E-state index is 11.6. The maximum Gasteiger partial charge on any atom is 0.311 e. The van der Waals surface area contributed by atoms with Gasteiger partial charge in [-0.15, -0.1) is 0 Å². The van der Waals surface area contributed by atoms with Gasteiger partial charge in [-0.2, -0.15) is 0 Å². The number of benzene rings is 2. The molecule has 22 heavy (non-hydrogen) atoms. The van der Waals surface area contributed by atoms with Gasteiger partial charge in [0.05, 0.1) is 12.0 Å². The zero-order valence-electron chi connectivity index (χ0n) is 12.7. The fraction of sp³-hybridized carbons (Fsp3) is 0.278. The summed E-state index contributed by atoms with van der Waals surface area (Å²) in [6.07, 6.45) is 0.442. The van der Waals surface area contributed by atoms with Crippen molar-refractivity contribution in [2.24, 2.45) is 0 Å². The van der Waals surface area contributed by atoms with Crippen LogP contribution in [0.5, 0.6) is 11.5 Å². The van der Waals surface area contributed by atoms with Crippen molar-refractivity contribution in [2.45, 2.75) is 32.3 Å². The molecule has 0 radical (unpaired) electrons. The van der Waals surface area contributed by atoms with Gasteiger partial charge in [-0.25, -0.2) is 0 Å². The lowest BCUT2D eigenvalue weighted by molar-refractivity contribution is -0.138. The maximum atomic E-state index is 11.6. The van der Waals surface area contributed by atoms with Gasteiger partial charge in [0.2, 0.25) is 0 Å². The van der Waals surface area contributed by atoms with E-state index in [2.05, 4.69) is 0 Å². The molecule has 0 spiro atoms. The van der Waals surface area contributed by atoms with Gasteiger partial charge >= 0.3 is 5.97 Å². The fourth-order valence-corrected chi connectivity index (χ4v) is 2.31. The molecule has 2 rings (SSSR count). The predicted octanol–water partition coefficient (Wildman–Crippen LogP) is 3.59. The third-order valence-electron chi connectivity index (χ3n) is 3.30. The highest BCUT2D eigenvalue weighted by Crippen LogP contribution is 2.25. The van der Waals surface area contributed by atoms with E-state index in [0.717, 1.165) is 11.3 Å². The number of hydrogen-bond donors (Lipinski definition) is 2. The Morgan fingerprint density at radius 2 is 1.82 bits per heavy atom. The highest BCUT2D eigenvalue weighted by atomic mass is 16.5. The lowest BCUT2D eigenvalue weighted by Gasteiger charge is -2.15. The molecule has 0 fully saturated rings. The molecule has 0 heterocycles. The zero-order valence-corrected chi connectivity index (χ0v) is 12.7. The smallest absolute Gasteiger partial charge is 0.311 e. The first kappa shape index (κ1) is 15.9. The first-order chi connectivity index (χ1) is 10.5. The van der Waals surface area contributed by atoms with Gasteiger partial charge < -0.3 is 14.9 Å². The molecule has 116 valence electrons. The second kappa shape index (κ2) is 6.98. The number of rotatable bonds is 6. The lowest BCUT2D eigenvalue weighted by atomic mass is 9.92. The molecular formula is C18H20O4. The minimum absolute atomic E-state index is 0.0719. The van der Waals surface area contributed by atoms with Crippen molar-refractivity contribution in [1.82, 2.24) is 0 Å². The second-order valence-corrected chi connectivity index (χ2v) is 5.50. The summed E-state index contributed by atoms with van der Waals surface area (Å²) < 4.78 is 5.64. The minimum Gasteiger partial charge on any atom is -0.508 e. The van der Waals surface area contributed by atoms with Crippen molar-refractivity contribution >= 4 is 5.97 Å². The number of carbonyl (C=O) groups is 1. The molecule has 4 nitrogen and oxygen atoms in total. The van der Waals surface area contributed by atoms with E-state index < -0.39 is 11.9 Å². The lowest BCUT2D eigenvalue weighted by Crippen LogP contribution is -2.14. The predicted molar refractivity (Wildman–Crippen MR) is 84.4 cm³/mol. The number of aromatic hydroxyl groups is 1. The van der Waals surface area contributed by atoms with Crippen molar-refractivity contribution in [2.75, 3.05) is 0 Å². The fourth-order valence-electron chi connectivity index (χ4n) is 2.31. The summed E-state index contributed by atoms with van der Waals surface area (Å²) in [6, 6.07) is 13.8. The molecule has 2 aromatic carbocycles. The third kappa shape index (κ3) is 4.25. The molecule has 0 saturated carbocycles. The van der Waals surface area contributed by atoms with E-state index in [9.17, 15) is 15.0 Å². The van der Waals surface area contributed by atoms with Gasteiger partial charge in [-0.05, 0) is 55.7 Å². The summed E-state index contributed by atoms with van der Waals surface area (Å²) >= 11 is 0. The molecule has 0 aliphatic heterocycles. The topological polar surface area (TPSA) is 66.8 Å². The molecule has 0 amide bonds. The summed E-state index contributed by atoms with van der Waals surface area (Å²) in [5.41, 5.74) is 1.57. The molecule has 2 aromatic rings. The molecule has 1 atom stereocenters. The monoisotopic (exact) mass is 300 g/mol. The third-order valence-corrected chi connectivity index (χ3v) is 3.30. The van der Waals surface area contributed by atoms with Crippen molar-refractivity contribution < 1.29 is 19.7 Å². The van der Waals surface area contributed by atoms with Crippen LogP contribution < -0.4 is 4.74 Å². The summed E-state index contributed by atoms with van der Waals surface area (Å²) in [4.78, 5) is 11.6. The van der Waals surface area contributed by atoms with Crippen LogP contribution in [0.1, 0.15) is 30.9 Å². The van der Waals surface area contributed by atoms with Crippen LogP contribution in [0, 0.1) is 0 Å². The van der Waals surface area contributed by atoms with Gasteiger partial charge in [-0.3, -0.25) is 4.79 Å². The standard InChI is InChI=1S/C18H20O4/c1-12(2)22-16-5-3-4-13(10-16)11-17(18(20)21)14-6-8-15(19)9-7-14/h3-10,12,17,19H,11H2,1-2H3,(H,20,21). The molecular weight excluding hydrogens is 280 g/mol. The summed E-state index contributed by atoms with van der Waals surface area (Å²) in [5, 5.41) is 18.8. The van der Waals surface area contributed by atoms with Gasteiger partial charge in [0.25, 0.3) is 0 Å². The van der Waals surface area contributed by atoms with E-state index in [1.54, 1.807) is 12.1 Å². The Hall–Kier alpha value is -2.49. The van der Waals surface area contributed by atoms with Crippen LogP contribution in [0.15, 0.2) is 48.5 Å². The average Bonchev–Trinajstić information content (AvgIpc) is 2.45. The van der Waals surface area contributed by atoms with Crippen molar-refractivity contribution in [1.29, 1.82) is 0 Å². The van der Waals surface area contributed by atoms with Crippen molar-refractivity contribution in [3.63, 3.8) is 0 Å². The average molecular weight is 300 g/mol. The highest BCUT2D eigenvalue weighted by molar-refractivity contribution is 5.76. The number of phenolic OH excluding ortho intramolecular Hbond substituents is 1. The van der Waals surface area contributed by atoms with Gasteiger partial charge in [0, 0.05) is 0 Å². The van der Waals surface area contributed by atoms with E-state index in [0.29, 0.717) is 12.0 Å². The van der Waals surface area contributed by atoms with Crippen LogP contribution in [0.4, 0.5) is 0 Å². The van der Waals surface area contributed by atoms with E-state index in [-0.39, 0.29) is 11.9 Å². The van der Waals surface area contributed by atoms with E-state index in [4.69, 9.17) is 4.74 Å². The molecule has 0 aliphatic carbocycles. The van der Waals surface area contributed by atoms with Crippen LogP contribution in [0.3, 0.4) is 0 Å². The Kier molecular flexibility index (Phi) is 5.04. The number of ether oxygens (including phenoxy) is 1.